The number of aliphatic imine (C=N–C) groups is 2. The van der Waals surface area contributed by atoms with Crippen molar-refractivity contribution in [1.82, 2.24) is 0 Å². The third-order valence-corrected chi connectivity index (χ3v) is 3.35. The van der Waals surface area contributed by atoms with Gasteiger partial charge in [0.2, 0.25) is 0 Å². The molecule has 0 N–H and O–H groups in total. The maximum atomic E-state index is 11.7. The quantitative estimate of drug-likeness (QED) is 0.610. The monoisotopic (exact) mass is 353 g/mol. The zero-order chi connectivity index (χ0) is 15.9. The van der Waals surface area contributed by atoms with Crippen LogP contribution in [0.5, 0.6) is 11.5 Å². The van der Waals surface area contributed by atoms with Crippen molar-refractivity contribution in [3.05, 3.63) is 59.7 Å². The second-order valence-corrected chi connectivity index (χ2v) is 4.93. The first-order valence-corrected chi connectivity index (χ1v) is 7.14. The van der Waals surface area contributed by atoms with Crippen molar-refractivity contribution in [2.75, 3.05) is 13.1 Å². The summed E-state index contributed by atoms with van der Waals surface area (Å²) < 4.78 is 0. The van der Waals surface area contributed by atoms with Gasteiger partial charge in [-0.2, -0.15) is 0 Å². The molecule has 0 atom stereocenters. The van der Waals surface area contributed by atoms with Crippen molar-refractivity contribution in [2.45, 2.75) is 13.8 Å². The summed E-state index contributed by atoms with van der Waals surface area (Å²) in [5.74, 6) is -0.0487. The van der Waals surface area contributed by atoms with Gasteiger partial charge in [0.15, 0.2) is 0 Å². The minimum absolute atomic E-state index is 0. The molecule has 0 amide bonds. The molecule has 121 valence electrons. The number of rotatable bonds is 5. The zero-order valence-electron chi connectivity index (χ0n) is 13.1. The standard InChI is InChI=1S/C18H20N2O2.Co/c1-13(15-7-3-5-9-17(15)21)19-11-12-20-14(2)16-8-4-6-10-18(16)22;/h3-10,21-22H,11-12H2,1-2H3;/q;+2/p-2. The SMILES string of the molecule is CC(=NCCN=C(C)c1ccccc1[O-])c1ccccc1[O-].[Co+2]. The van der Waals surface area contributed by atoms with E-state index in [1.54, 1.807) is 24.3 Å². The van der Waals surface area contributed by atoms with Gasteiger partial charge < -0.3 is 10.2 Å². The van der Waals surface area contributed by atoms with E-state index in [1.165, 1.54) is 12.1 Å². The molecule has 0 aliphatic heterocycles. The number of para-hydroxylation sites is 2. The van der Waals surface area contributed by atoms with Gasteiger partial charge in [-0.05, 0) is 25.0 Å². The Labute approximate surface area is 146 Å². The predicted molar refractivity (Wildman–Crippen MR) is 85.9 cm³/mol. The van der Waals surface area contributed by atoms with E-state index in [2.05, 4.69) is 9.98 Å². The van der Waals surface area contributed by atoms with Crippen LogP contribution in [0.2, 0.25) is 0 Å². The van der Waals surface area contributed by atoms with E-state index in [-0.39, 0.29) is 28.3 Å². The van der Waals surface area contributed by atoms with Gasteiger partial charge >= 0.3 is 16.8 Å². The second-order valence-electron chi connectivity index (χ2n) is 4.93. The third kappa shape index (κ3) is 5.23. The minimum atomic E-state index is -0.0243. The average Bonchev–Trinajstić information content (AvgIpc) is 2.52. The first-order valence-electron chi connectivity index (χ1n) is 7.14. The Kier molecular flexibility index (Phi) is 7.51. The fraction of sp³-hybridized carbons (Fsp3) is 0.222. The Morgan fingerprint density at radius 1 is 0.739 bits per heavy atom. The predicted octanol–water partition coefficient (Wildman–Crippen LogP) is 2.15. The molecule has 0 aliphatic carbocycles. The van der Waals surface area contributed by atoms with E-state index in [0.717, 1.165) is 0 Å². The zero-order valence-corrected chi connectivity index (χ0v) is 14.1. The van der Waals surface area contributed by atoms with Gasteiger partial charge in [-0.25, -0.2) is 0 Å². The Morgan fingerprint density at radius 3 is 1.43 bits per heavy atom. The van der Waals surface area contributed by atoms with Gasteiger partial charge in [0.1, 0.15) is 0 Å². The Balaban J connectivity index is 0.00000264. The van der Waals surface area contributed by atoms with Crippen molar-refractivity contribution >= 4 is 11.4 Å². The van der Waals surface area contributed by atoms with Crippen LogP contribution in [-0.2, 0) is 16.8 Å². The summed E-state index contributed by atoms with van der Waals surface area (Å²) in [6.45, 7) is 4.61. The summed E-state index contributed by atoms with van der Waals surface area (Å²) in [4.78, 5) is 8.75. The van der Waals surface area contributed by atoms with Crippen LogP contribution in [0, 0.1) is 0 Å². The van der Waals surface area contributed by atoms with Crippen LogP contribution in [0.25, 0.3) is 0 Å². The molecule has 0 saturated heterocycles. The van der Waals surface area contributed by atoms with Crippen LogP contribution < -0.4 is 10.2 Å². The van der Waals surface area contributed by atoms with Crippen LogP contribution in [0.4, 0.5) is 0 Å². The van der Waals surface area contributed by atoms with Crippen molar-refractivity contribution in [3.63, 3.8) is 0 Å². The molecule has 2 rings (SSSR count). The molecule has 2 aromatic carbocycles. The summed E-state index contributed by atoms with van der Waals surface area (Å²) in [6.07, 6.45) is 0. The molecule has 0 unspecified atom stereocenters. The number of nitrogens with zero attached hydrogens (tertiary/aromatic N) is 2. The molecule has 0 spiro atoms. The number of benzene rings is 2. The molecule has 0 heterocycles. The molecule has 2 aromatic rings. The van der Waals surface area contributed by atoms with Crippen molar-refractivity contribution in [2.24, 2.45) is 9.98 Å². The Morgan fingerprint density at radius 2 is 1.09 bits per heavy atom. The molecule has 5 heteroatoms. The maximum Gasteiger partial charge on any atom is 2.00 e. The van der Waals surface area contributed by atoms with Gasteiger partial charge in [0.05, 0.1) is 13.1 Å². The minimum Gasteiger partial charge on any atom is -0.872 e. The van der Waals surface area contributed by atoms with Gasteiger partial charge in [0, 0.05) is 11.4 Å². The van der Waals surface area contributed by atoms with Crippen molar-refractivity contribution < 1.29 is 27.0 Å². The van der Waals surface area contributed by atoms with E-state index in [9.17, 15) is 10.2 Å². The van der Waals surface area contributed by atoms with E-state index >= 15 is 0 Å². The molecule has 0 bridgehead atoms. The van der Waals surface area contributed by atoms with Crippen LogP contribution >= 0.6 is 0 Å². The van der Waals surface area contributed by atoms with Crippen LogP contribution in [0.1, 0.15) is 25.0 Å². The normalized spacial score (nSPS) is 11.9. The maximum absolute atomic E-state index is 11.7. The largest absolute Gasteiger partial charge is 2.00 e. The molecule has 4 nitrogen and oxygen atoms in total. The number of hydrogen-bond donors (Lipinski definition) is 0. The Bertz CT molecular complexity index is 650. The van der Waals surface area contributed by atoms with Gasteiger partial charge in [-0.15, -0.1) is 0 Å². The van der Waals surface area contributed by atoms with Crippen molar-refractivity contribution in [3.8, 4) is 11.5 Å². The first kappa shape index (κ1) is 18.9. The summed E-state index contributed by atoms with van der Waals surface area (Å²) in [5.41, 5.74) is 2.66. The molecule has 0 fully saturated rings. The summed E-state index contributed by atoms with van der Waals surface area (Å²) >= 11 is 0. The number of hydrogen-bond acceptors (Lipinski definition) is 4. The fourth-order valence-electron chi connectivity index (χ4n) is 2.14. The summed E-state index contributed by atoms with van der Waals surface area (Å²) in [6, 6.07) is 13.7. The molecule has 23 heavy (non-hydrogen) atoms. The molecule has 0 saturated carbocycles. The Hall–Kier alpha value is -2.11. The van der Waals surface area contributed by atoms with Gasteiger partial charge in [-0.1, -0.05) is 60.0 Å². The van der Waals surface area contributed by atoms with E-state index in [4.69, 9.17) is 0 Å². The van der Waals surface area contributed by atoms with Crippen molar-refractivity contribution in [1.29, 1.82) is 0 Å². The molecule has 0 aromatic heterocycles. The van der Waals surface area contributed by atoms with Gasteiger partial charge in [0.25, 0.3) is 0 Å². The summed E-state index contributed by atoms with van der Waals surface area (Å²) in [5, 5.41) is 23.4. The van der Waals surface area contributed by atoms with Gasteiger partial charge in [-0.3, -0.25) is 9.98 Å². The first-order chi connectivity index (χ1) is 10.6. The smallest absolute Gasteiger partial charge is 0.872 e. The van der Waals surface area contributed by atoms with E-state index < -0.39 is 0 Å². The molecule has 0 aliphatic rings. The molecule has 1 radical (unpaired) electrons. The third-order valence-electron chi connectivity index (χ3n) is 3.35. The van der Waals surface area contributed by atoms with Crippen LogP contribution in [-0.4, -0.2) is 24.5 Å². The second kappa shape index (κ2) is 9.12. The summed E-state index contributed by atoms with van der Waals surface area (Å²) in [7, 11) is 0. The van der Waals surface area contributed by atoms with E-state index in [1.807, 2.05) is 26.0 Å². The van der Waals surface area contributed by atoms with Crippen LogP contribution in [0.15, 0.2) is 58.5 Å². The van der Waals surface area contributed by atoms with E-state index in [0.29, 0.717) is 35.6 Å². The molecular weight excluding hydrogens is 335 g/mol. The topological polar surface area (TPSA) is 70.8 Å². The molecular formula is C18H18CoN2O2. The fourth-order valence-corrected chi connectivity index (χ4v) is 2.14. The average molecular weight is 353 g/mol. The van der Waals surface area contributed by atoms with Crippen LogP contribution in [0.3, 0.4) is 0 Å².